The van der Waals surface area contributed by atoms with Crippen molar-refractivity contribution < 1.29 is 19.4 Å². The number of amides is 1. The molecule has 20 heavy (non-hydrogen) atoms. The molecule has 1 aliphatic heterocycles. The summed E-state index contributed by atoms with van der Waals surface area (Å²) < 4.78 is 5.69. The van der Waals surface area contributed by atoms with Crippen LogP contribution < -0.4 is 0 Å². The summed E-state index contributed by atoms with van der Waals surface area (Å²) in [6.07, 6.45) is 0.162. The van der Waals surface area contributed by atoms with Crippen LogP contribution in [-0.2, 0) is 14.3 Å². The number of ether oxygens (including phenoxy) is 1. The first-order chi connectivity index (χ1) is 9.22. The third kappa shape index (κ3) is 4.45. The molecule has 3 atom stereocenters. The smallest absolute Gasteiger partial charge is 0.323 e. The fourth-order valence-electron chi connectivity index (χ4n) is 2.81. The van der Waals surface area contributed by atoms with Crippen molar-refractivity contribution in [3.63, 3.8) is 0 Å². The van der Waals surface area contributed by atoms with Crippen LogP contribution in [0.2, 0.25) is 0 Å². The lowest BCUT2D eigenvalue weighted by Crippen LogP contribution is -2.57. The molecule has 1 saturated heterocycles. The van der Waals surface area contributed by atoms with Crippen LogP contribution in [0.1, 0.15) is 27.7 Å². The SMILES string of the molecule is CC(C)[C@H](C(=O)N(C)CC(=O)O)N1C[C@@H](C)O[C@H](C)C1. The van der Waals surface area contributed by atoms with E-state index in [1.54, 1.807) is 7.05 Å². The summed E-state index contributed by atoms with van der Waals surface area (Å²) >= 11 is 0. The summed E-state index contributed by atoms with van der Waals surface area (Å²) in [4.78, 5) is 26.7. The highest BCUT2D eigenvalue weighted by atomic mass is 16.5. The molecule has 116 valence electrons. The Morgan fingerprint density at radius 2 is 1.80 bits per heavy atom. The summed E-state index contributed by atoms with van der Waals surface area (Å²) in [5.74, 6) is -1.01. The van der Waals surface area contributed by atoms with Gasteiger partial charge in [-0.05, 0) is 19.8 Å². The molecule has 0 spiro atoms. The molecular formula is C14H26N2O4. The van der Waals surface area contributed by atoms with Gasteiger partial charge in [0.2, 0.25) is 5.91 Å². The molecule has 1 fully saturated rings. The average molecular weight is 286 g/mol. The molecule has 0 aromatic heterocycles. The van der Waals surface area contributed by atoms with E-state index in [0.717, 1.165) is 0 Å². The number of hydrogen-bond donors (Lipinski definition) is 1. The summed E-state index contributed by atoms with van der Waals surface area (Å²) in [5, 5.41) is 8.82. The molecule has 1 rings (SSSR count). The highest BCUT2D eigenvalue weighted by Crippen LogP contribution is 2.20. The molecule has 0 bridgehead atoms. The Morgan fingerprint density at radius 1 is 1.30 bits per heavy atom. The van der Waals surface area contributed by atoms with Gasteiger partial charge in [0.25, 0.3) is 0 Å². The Kier molecular flexibility index (Phi) is 5.95. The number of morpholine rings is 1. The van der Waals surface area contributed by atoms with Crippen molar-refractivity contribution >= 4 is 11.9 Å². The minimum absolute atomic E-state index is 0.0811. The van der Waals surface area contributed by atoms with Crippen LogP contribution >= 0.6 is 0 Å². The summed E-state index contributed by atoms with van der Waals surface area (Å²) in [5.41, 5.74) is 0. The number of carbonyl (C=O) groups excluding carboxylic acids is 1. The molecule has 6 nitrogen and oxygen atoms in total. The fourth-order valence-corrected chi connectivity index (χ4v) is 2.81. The number of carbonyl (C=O) groups is 2. The van der Waals surface area contributed by atoms with Gasteiger partial charge in [-0.25, -0.2) is 0 Å². The van der Waals surface area contributed by atoms with Gasteiger partial charge >= 0.3 is 5.97 Å². The molecule has 0 aliphatic carbocycles. The third-order valence-electron chi connectivity index (χ3n) is 3.47. The maximum Gasteiger partial charge on any atom is 0.323 e. The van der Waals surface area contributed by atoms with E-state index in [1.807, 2.05) is 27.7 Å². The number of rotatable bonds is 5. The Morgan fingerprint density at radius 3 is 2.20 bits per heavy atom. The standard InChI is InChI=1S/C14H26N2O4/c1-9(2)13(14(19)15(5)8-12(17)18)16-6-10(3)20-11(4)7-16/h9-11,13H,6-8H2,1-5H3,(H,17,18)/t10-,11-,13-/m1/s1. The number of nitrogens with zero attached hydrogens (tertiary/aromatic N) is 2. The molecule has 0 aromatic carbocycles. The van der Waals surface area contributed by atoms with E-state index < -0.39 is 5.97 Å². The summed E-state index contributed by atoms with van der Waals surface area (Å²) in [6.45, 7) is 9.08. The van der Waals surface area contributed by atoms with Crippen molar-refractivity contribution in [2.45, 2.75) is 45.9 Å². The van der Waals surface area contributed by atoms with Crippen molar-refractivity contribution in [1.29, 1.82) is 0 Å². The third-order valence-corrected chi connectivity index (χ3v) is 3.47. The molecule has 1 N–H and O–H groups in total. The lowest BCUT2D eigenvalue weighted by molar-refractivity contribution is -0.150. The summed E-state index contributed by atoms with van der Waals surface area (Å²) in [6, 6.07) is -0.298. The van der Waals surface area contributed by atoms with Crippen molar-refractivity contribution in [3.8, 4) is 0 Å². The monoisotopic (exact) mass is 286 g/mol. The van der Waals surface area contributed by atoms with Gasteiger partial charge in [0, 0.05) is 20.1 Å². The van der Waals surface area contributed by atoms with Crippen LogP contribution in [0.15, 0.2) is 0 Å². The molecule has 0 saturated carbocycles. The van der Waals surface area contributed by atoms with Crippen LogP contribution in [0, 0.1) is 5.92 Å². The van der Waals surface area contributed by atoms with Crippen LogP contribution in [0.3, 0.4) is 0 Å². The van der Waals surface area contributed by atoms with E-state index in [1.165, 1.54) is 4.90 Å². The largest absolute Gasteiger partial charge is 0.480 e. The van der Waals surface area contributed by atoms with Crippen LogP contribution in [0.4, 0.5) is 0 Å². The number of aliphatic carboxylic acids is 1. The zero-order valence-corrected chi connectivity index (χ0v) is 13.0. The van der Waals surface area contributed by atoms with E-state index in [0.29, 0.717) is 13.1 Å². The predicted octanol–water partition coefficient (Wildman–Crippen LogP) is 0.663. The molecule has 1 amide bonds. The van der Waals surface area contributed by atoms with Gasteiger partial charge in [-0.2, -0.15) is 0 Å². The van der Waals surface area contributed by atoms with E-state index in [9.17, 15) is 9.59 Å². The van der Waals surface area contributed by atoms with Gasteiger partial charge in [0.1, 0.15) is 6.54 Å². The Bertz CT molecular complexity index is 349. The van der Waals surface area contributed by atoms with E-state index in [-0.39, 0.29) is 36.6 Å². The van der Waals surface area contributed by atoms with Crippen molar-refractivity contribution in [1.82, 2.24) is 9.80 Å². The second-order valence-corrected chi connectivity index (χ2v) is 5.99. The molecule has 0 aromatic rings. The number of hydrogen-bond acceptors (Lipinski definition) is 4. The number of likely N-dealkylation sites (N-methyl/N-ethyl adjacent to an activating group) is 1. The highest BCUT2D eigenvalue weighted by molar-refractivity contribution is 5.85. The van der Waals surface area contributed by atoms with Gasteiger partial charge in [0.15, 0.2) is 0 Å². The quantitative estimate of drug-likeness (QED) is 0.804. The van der Waals surface area contributed by atoms with E-state index in [2.05, 4.69) is 4.90 Å². The van der Waals surface area contributed by atoms with E-state index >= 15 is 0 Å². The lowest BCUT2D eigenvalue weighted by atomic mass is 9.99. The van der Waals surface area contributed by atoms with Gasteiger partial charge in [-0.15, -0.1) is 0 Å². The Labute approximate surface area is 120 Å². The maximum absolute atomic E-state index is 12.5. The molecule has 6 heteroatoms. The molecule has 1 heterocycles. The van der Waals surface area contributed by atoms with Crippen molar-refractivity contribution in [2.75, 3.05) is 26.7 Å². The molecular weight excluding hydrogens is 260 g/mol. The average Bonchev–Trinajstić information content (AvgIpc) is 2.25. The highest BCUT2D eigenvalue weighted by Gasteiger charge is 2.35. The predicted molar refractivity (Wildman–Crippen MR) is 75.5 cm³/mol. The summed E-state index contributed by atoms with van der Waals surface area (Å²) in [7, 11) is 1.54. The first-order valence-electron chi connectivity index (χ1n) is 7.08. The van der Waals surface area contributed by atoms with Crippen LogP contribution in [-0.4, -0.2) is 71.7 Å². The second-order valence-electron chi connectivity index (χ2n) is 5.99. The van der Waals surface area contributed by atoms with Crippen molar-refractivity contribution in [3.05, 3.63) is 0 Å². The van der Waals surface area contributed by atoms with Crippen LogP contribution in [0.5, 0.6) is 0 Å². The van der Waals surface area contributed by atoms with Gasteiger partial charge in [-0.3, -0.25) is 14.5 Å². The van der Waals surface area contributed by atoms with Gasteiger partial charge in [0.05, 0.1) is 18.2 Å². The van der Waals surface area contributed by atoms with Crippen molar-refractivity contribution in [2.24, 2.45) is 5.92 Å². The maximum atomic E-state index is 12.5. The topological polar surface area (TPSA) is 70.1 Å². The van der Waals surface area contributed by atoms with Gasteiger partial charge in [-0.1, -0.05) is 13.8 Å². The van der Waals surface area contributed by atoms with Gasteiger partial charge < -0.3 is 14.7 Å². The minimum Gasteiger partial charge on any atom is -0.480 e. The number of carboxylic acids is 1. The second kappa shape index (κ2) is 7.04. The molecule has 0 unspecified atom stereocenters. The molecule has 0 radical (unpaired) electrons. The zero-order valence-electron chi connectivity index (χ0n) is 13.0. The Hall–Kier alpha value is -1.14. The lowest BCUT2D eigenvalue weighted by Gasteiger charge is -2.42. The van der Waals surface area contributed by atoms with Crippen LogP contribution in [0.25, 0.3) is 0 Å². The fraction of sp³-hybridized carbons (Fsp3) is 0.857. The Balaban J connectivity index is 2.82. The zero-order chi connectivity index (χ0) is 15.4. The minimum atomic E-state index is -0.993. The normalized spacial score (nSPS) is 25.5. The first-order valence-corrected chi connectivity index (χ1v) is 7.08. The number of carboxylic acid groups (broad SMARTS) is 1. The first kappa shape index (κ1) is 16.9. The van der Waals surface area contributed by atoms with E-state index in [4.69, 9.17) is 9.84 Å². The molecule has 1 aliphatic rings.